The van der Waals surface area contributed by atoms with Crippen LogP contribution in [0.4, 0.5) is 5.00 Å². The van der Waals surface area contributed by atoms with Gasteiger partial charge in [-0.25, -0.2) is 0 Å². The van der Waals surface area contributed by atoms with Crippen LogP contribution in [0.3, 0.4) is 0 Å². The minimum Gasteiger partial charge on any atom is -0.468 e. The van der Waals surface area contributed by atoms with E-state index in [-0.39, 0.29) is 12.5 Å². The fourth-order valence-electron chi connectivity index (χ4n) is 2.89. The summed E-state index contributed by atoms with van der Waals surface area (Å²) >= 11 is 1.47. The van der Waals surface area contributed by atoms with Crippen molar-refractivity contribution in [3.05, 3.63) is 40.2 Å². The number of nitrogens with zero attached hydrogens (tertiary/aromatic N) is 1. The number of anilines is 1. The number of amides is 2. The molecule has 0 atom stereocenters. The van der Waals surface area contributed by atoms with Crippen molar-refractivity contribution in [2.24, 2.45) is 5.73 Å². The van der Waals surface area contributed by atoms with Gasteiger partial charge >= 0.3 is 0 Å². The first-order valence-corrected chi connectivity index (χ1v) is 8.31. The fourth-order valence-corrected chi connectivity index (χ4v) is 4.20. The molecule has 2 heterocycles. The van der Waals surface area contributed by atoms with Crippen LogP contribution >= 0.6 is 11.3 Å². The lowest BCUT2D eigenvalue weighted by Gasteiger charge is -2.14. The SMILES string of the molecule is CN(CC(=O)Nc1sc2c(c1C(N)=O)CCC2)Cc1ccco1. The van der Waals surface area contributed by atoms with Crippen molar-refractivity contribution in [1.82, 2.24) is 4.90 Å². The Morgan fingerprint density at radius 2 is 2.26 bits per heavy atom. The van der Waals surface area contributed by atoms with Crippen LogP contribution in [-0.2, 0) is 24.2 Å². The molecule has 7 heteroatoms. The Bertz CT molecular complexity index is 721. The average Bonchev–Trinajstić information content (AvgIpc) is 3.14. The summed E-state index contributed by atoms with van der Waals surface area (Å²) in [7, 11) is 1.84. The number of likely N-dealkylation sites (N-methyl/N-ethyl adjacent to an activating group) is 1. The van der Waals surface area contributed by atoms with Crippen molar-refractivity contribution in [1.29, 1.82) is 0 Å². The number of thiophene rings is 1. The highest BCUT2D eigenvalue weighted by Gasteiger charge is 2.26. The standard InChI is InChI=1S/C16H19N3O3S/c1-19(8-10-4-3-7-22-10)9-13(20)18-16-14(15(17)21)11-5-2-6-12(11)23-16/h3-4,7H,2,5-6,8-9H2,1H3,(H2,17,21)(H,18,20). The monoisotopic (exact) mass is 333 g/mol. The Hall–Kier alpha value is -2.12. The zero-order valence-corrected chi connectivity index (χ0v) is 13.7. The molecule has 3 rings (SSSR count). The van der Waals surface area contributed by atoms with E-state index in [2.05, 4.69) is 5.32 Å². The molecule has 0 aliphatic heterocycles. The molecule has 23 heavy (non-hydrogen) atoms. The Labute approximate surface area is 138 Å². The lowest BCUT2D eigenvalue weighted by Crippen LogP contribution is -2.30. The van der Waals surface area contributed by atoms with Gasteiger partial charge in [0.05, 0.1) is 24.9 Å². The van der Waals surface area contributed by atoms with Gasteiger partial charge in [-0.15, -0.1) is 11.3 Å². The molecule has 122 valence electrons. The largest absolute Gasteiger partial charge is 0.468 e. The number of furan rings is 1. The molecular weight excluding hydrogens is 314 g/mol. The number of rotatable bonds is 6. The lowest BCUT2D eigenvalue weighted by molar-refractivity contribution is -0.117. The number of hydrogen-bond acceptors (Lipinski definition) is 5. The molecule has 0 bridgehead atoms. The van der Waals surface area contributed by atoms with Gasteiger partial charge in [-0.3, -0.25) is 14.5 Å². The quantitative estimate of drug-likeness (QED) is 0.846. The molecule has 0 radical (unpaired) electrons. The van der Waals surface area contributed by atoms with E-state index in [0.717, 1.165) is 35.5 Å². The van der Waals surface area contributed by atoms with Gasteiger partial charge < -0.3 is 15.5 Å². The number of nitrogens with two attached hydrogens (primary N) is 1. The summed E-state index contributed by atoms with van der Waals surface area (Å²) < 4.78 is 5.26. The molecule has 0 fully saturated rings. The molecule has 2 amide bonds. The van der Waals surface area contributed by atoms with Crippen molar-refractivity contribution < 1.29 is 14.0 Å². The normalized spacial score (nSPS) is 13.3. The topological polar surface area (TPSA) is 88.6 Å². The van der Waals surface area contributed by atoms with Gasteiger partial charge in [0.1, 0.15) is 10.8 Å². The van der Waals surface area contributed by atoms with E-state index >= 15 is 0 Å². The van der Waals surface area contributed by atoms with Crippen molar-refractivity contribution in [3.63, 3.8) is 0 Å². The third-order valence-electron chi connectivity index (χ3n) is 3.84. The second kappa shape index (κ2) is 6.55. The fraction of sp³-hybridized carbons (Fsp3) is 0.375. The molecular formula is C16H19N3O3S. The minimum absolute atomic E-state index is 0.165. The van der Waals surface area contributed by atoms with Crippen LogP contribution < -0.4 is 11.1 Å². The zero-order valence-electron chi connectivity index (χ0n) is 12.9. The van der Waals surface area contributed by atoms with Gasteiger partial charge in [0, 0.05) is 4.88 Å². The van der Waals surface area contributed by atoms with E-state index in [1.165, 1.54) is 11.3 Å². The lowest BCUT2D eigenvalue weighted by atomic mass is 10.1. The molecule has 0 spiro atoms. The highest BCUT2D eigenvalue weighted by molar-refractivity contribution is 7.17. The highest BCUT2D eigenvalue weighted by atomic mass is 32.1. The molecule has 1 aliphatic rings. The van der Waals surface area contributed by atoms with Crippen molar-refractivity contribution in [2.45, 2.75) is 25.8 Å². The number of hydrogen-bond donors (Lipinski definition) is 2. The molecule has 0 saturated carbocycles. The second-order valence-corrected chi connectivity index (χ2v) is 6.83. The van der Waals surface area contributed by atoms with E-state index in [1.807, 2.05) is 24.1 Å². The van der Waals surface area contributed by atoms with Crippen molar-refractivity contribution in [3.8, 4) is 0 Å². The summed E-state index contributed by atoms with van der Waals surface area (Å²) in [4.78, 5) is 26.9. The van der Waals surface area contributed by atoms with Gasteiger partial charge in [-0.1, -0.05) is 0 Å². The Morgan fingerprint density at radius 1 is 1.43 bits per heavy atom. The first-order chi connectivity index (χ1) is 11.0. The molecule has 2 aromatic heterocycles. The van der Waals surface area contributed by atoms with E-state index in [9.17, 15) is 9.59 Å². The maximum atomic E-state index is 12.2. The van der Waals surface area contributed by atoms with E-state index < -0.39 is 5.91 Å². The molecule has 0 aromatic carbocycles. The van der Waals surface area contributed by atoms with Crippen LogP contribution in [0.1, 0.15) is 33.0 Å². The van der Waals surface area contributed by atoms with Crippen LogP contribution in [0, 0.1) is 0 Å². The summed E-state index contributed by atoms with van der Waals surface area (Å²) in [5.41, 5.74) is 7.00. The predicted octanol–water partition coefficient (Wildman–Crippen LogP) is 2.00. The Kier molecular flexibility index (Phi) is 4.49. The summed E-state index contributed by atoms with van der Waals surface area (Å²) in [5, 5.41) is 3.42. The van der Waals surface area contributed by atoms with Crippen LogP contribution in [0.15, 0.2) is 22.8 Å². The van der Waals surface area contributed by atoms with Gasteiger partial charge in [-0.05, 0) is 44.0 Å². The smallest absolute Gasteiger partial charge is 0.251 e. The summed E-state index contributed by atoms with van der Waals surface area (Å²) in [5.74, 6) is 0.165. The number of carbonyl (C=O) groups excluding carboxylic acids is 2. The third kappa shape index (κ3) is 3.46. The maximum absolute atomic E-state index is 12.2. The molecule has 1 aliphatic carbocycles. The first-order valence-electron chi connectivity index (χ1n) is 7.49. The Morgan fingerprint density at radius 3 is 2.96 bits per heavy atom. The van der Waals surface area contributed by atoms with E-state index in [1.54, 1.807) is 6.26 Å². The van der Waals surface area contributed by atoms with Crippen LogP contribution in [0.25, 0.3) is 0 Å². The predicted molar refractivity (Wildman–Crippen MR) is 88.5 cm³/mol. The second-order valence-electron chi connectivity index (χ2n) is 5.73. The molecule has 2 aromatic rings. The first kappa shape index (κ1) is 15.8. The minimum atomic E-state index is -0.469. The van der Waals surface area contributed by atoms with Gasteiger partial charge in [0.25, 0.3) is 5.91 Å². The average molecular weight is 333 g/mol. The number of fused-ring (bicyclic) bond motifs is 1. The maximum Gasteiger partial charge on any atom is 0.251 e. The van der Waals surface area contributed by atoms with Crippen molar-refractivity contribution >= 4 is 28.2 Å². The molecule has 0 saturated heterocycles. The van der Waals surface area contributed by atoms with Crippen molar-refractivity contribution in [2.75, 3.05) is 18.9 Å². The number of carbonyl (C=O) groups is 2. The third-order valence-corrected chi connectivity index (χ3v) is 5.05. The van der Waals surface area contributed by atoms with Crippen LogP contribution in [0.5, 0.6) is 0 Å². The van der Waals surface area contributed by atoms with Crippen LogP contribution in [-0.4, -0.2) is 30.3 Å². The summed E-state index contributed by atoms with van der Waals surface area (Å²) in [6.07, 6.45) is 4.46. The van der Waals surface area contributed by atoms with Gasteiger partial charge in [-0.2, -0.15) is 0 Å². The number of primary amides is 1. The summed E-state index contributed by atoms with van der Waals surface area (Å²) in [6.45, 7) is 0.755. The zero-order chi connectivity index (χ0) is 16.4. The molecule has 0 unspecified atom stereocenters. The molecule has 3 N–H and O–H groups in total. The number of nitrogens with one attached hydrogen (secondary N) is 1. The van der Waals surface area contributed by atoms with Gasteiger partial charge in [0.15, 0.2) is 0 Å². The summed E-state index contributed by atoms with van der Waals surface area (Å²) in [6, 6.07) is 3.68. The van der Waals surface area contributed by atoms with E-state index in [4.69, 9.17) is 10.2 Å². The van der Waals surface area contributed by atoms with E-state index in [0.29, 0.717) is 17.1 Å². The van der Waals surface area contributed by atoms with Gasteiger partial charge in [0.2, 0.25) is 5.91 Å². The van der Waals surface area contributed by atoms with Crippen LogP contribution in [0.2, 0.25) is 0 Å². The number of aryl methyl sites for hydroxylation is 1. The Balaban J connectivity index is 1.65. The molecule has 6 nitrogen and oxygen atoms in total. The highest BCUT2D eigenvalue weighted by Crippen LogP contribution is 2.38.